The second-order valence-corrected chi connectivity index (χ2v) is 16.9. The normalized spacial score (nSPS) is 22.8. The quantitative estimate of drug-likeness (QED) is 0.0902. The number of hydrogen-bond acceptors (Lipinski definition) is 8. The molecule has 4 aromatic carbocycles. The predicted molar refractivity (Wildman–Crippen MR) is 229 cm³/mol. The van der Waals surface area contributed by atoms with E-state index in [9.17, 15) is 19.2 Å². The number of fused-ring (bicyclic) bond motifs is 3. The lowest BCUT2D eigenvalue weighted by atomic mass is 9.84. The van der Waals surface area contributed by atoms with Gasteiger partial charge in [0.05, 0.1) is 11.1 Å². The largest absolute Gasteiger partial charge is 0.492 e. The summed E-state index contributed by atoms with van der Waals surface area (Å²) in [6, 6.07) is 35.0. The summed E-state index contributed by atoms with van der Waals surface area (Å²) in [5.41, 5.74) is 7.53. The van der Waals surface area contributed by atoms with E-state index in [2.05, 4.69) is 92.8 Å². The van der Waals surface area contributed by atoms with Crippen molar-refractivity contribution in [1.82, 2.24) is 20.0 Å². The van der Waals surface area contributed by atoms with Crippen molar-refractivity contribution >= 4 is 52.1 Å². The first-order valence-corrected chi connectivity index (χ1v) is 21.6. The fraction of sp³-hybridized carbons (Fsp3) is 0.375. The molecule has 0 spiro atoms. The van der Waals surface area contributed by atoms with Crippen molar-refractivity contribution < 1.29 is 23.9 Å². The van der Waals surface area contributed by atoms with Crippen LogP contribution in [0, 0.1) is 5.92 Å². The molecule has 4 aromatic rings. The number of alkyl halides is 1. The molecule has 304 valence electrons. The number of carbonyl (C=O) groups excluding carboxylic acids is 4. The van der Waals surface area contributed by atoms with Gasteiger partial charge in [-0.05, 0) is 109 Å². The van der Waals surface area contributed by atoms with Crippen molar-refractivity contribution in [2.24, 2.45) is 5.92 Å². The number of halogens is 1. The third kappa shape index (κ3) is 8.06. The Kier molecular flexibility index (Phi) is 11.4. The number of piperazine rings is 1. The summed E-state index contributed by atoms with van der Waals surface area (Å²) in [5.74, 6) is 0.198. The summed E-state index contributed by atoms with van der Waals surface area (Å²) in [5, 5.41) is 2.26. The summed E-state index contributed by atoms with van der Waals surface area (Å²) < 4.78 is 6.28. The Hall–Kier alpha value is -5.29. The maximum Gasteiger partial charge on any atom is 0.262 e. The van der Waals surface area contributed by atoms with Gasteiger partial charge in [0.2, 0.25) is 11.8 Å². The van der Waals surface area contributed by atoms with Gasteiger partial charge in [-0.25, -0.2) is 0 Å². The number of nitrogens with zero attached hydrogens (tertiary/aromatic N) is 4. The van der Waals surface area contributed by atoms with Gasteiger partial charge in [0.1, 0.15) is 18.4 Å². The van der Waals surface area contributed by atoms with Crippen LogP contribution in [0.25, 0.3) is 11.1 Å². The third-order valence-corrected chi connectivity index (χ3v) is 13.1. The van der Waals surface area contributed by atoms with Crippen molar-refractivity contribution in [1.29, 1.82) is 0 Å². The van der Waals surface area contributed by atoms with E-state index < -0.39 is 23.8 Å². The van der Waals surface area contributed by atoms with E-state index in [0.29, 0.717) is 41.6 Å². The van der Waals surface area contributed by atoms with Crippen LogP contribution < -0.4 is 15.0 Å². The molecule has 6 aliphatic rings. The maximum absolute atomic E-state index is 13.4. The molecule has 5 saturated heterocycles. The smallest absolute Gasteiger partial charge is 0.262 e. The number of likely N-dealkylation sites (tertiary alicyclic amines) is 1. The molecule has 59 heavy (non-hydrogen) atoms. The van der Waals surface area contributed by atoms with Crippen molar-refractivity contribution in [2.75, 3.05) is 56.7 Å². The number of anilines is 1. The summed E-state index contributed by atoms with van der Waals surface area (Å²) in [6.07, 6.45) is 4.57. The average Bonchev–Trinajstić information content (AvgIpc) is 3.52. The van der Waals surface area contributed by atoms with E-state index >= 15 is 0 Å². The Labute approximate surface area is 350 Å². The minimum Gasteiger partial charge on any atom is -0.492 e. The molecule has 3 atom stereocenters. The van der Waals surface area contributed by atoms with Gasteiger partial charge < -0.3 is 9.64 Å². The van der Waals surface area contributed by atoms with E-state index in [1.807, 2.05) is 24.3 Å². The number of ether oxygens (including phenoxy) is 1. The second kappa shape index (κ2) is 17.1. The highest BCUT2D eigenvalue weighted by Crippen LogP contribution is 2.39. The van der Waals surface area contributed by atoms with Crippen LogP contribution in [0.3, 0.4) is 0 Å². The van der Waals surface area contributed by atoms with Gasteiger partial charge in [0.15, 0.2) is 0 Å². The van der Waals surface area contributed by atoms with E-state index in [-0.39, 0.29) is 18.7 Å². The first kappa shape index (κ1) is 39.2. The third-order valence-electron chi connectivity index (χ3n) is 13.0. The van der Waals surface area contributed by atoms with Crippen LogP contribution in [-0.4, -0.2) is 108 Å². The van der Waals surface area contributed by atoms with Crippen molar-refractivity contribution in [3.63, 3.8) is 0 Å². The van der Waals surface area contributed by atoms with Crippen LogP contribution in [0.2, 0.25) is 0 Å². The van der Waals surface area contributed by atoms with E-state index in [4.69, 9.17) is 16.3 Å². The lowest BCUT2D eigenvalue weighted by molar-refractivity contribution is -0.136. The van der Waals surface area contributed by atoms with Crippen LogP contribution in [-0.2, 0) is 9.59 Å². The Morgan fingerprint density at radius 2 is 1.41 bits per heavy atom. The Morgan fingerprint density at radius 3 is 2.08 bits per heavy atom. The molecule has 0 aromatic heterocycles. The molecule has 3 unspecified atom stereocenters. The Bertz CT molecular complexity index is 2230. The van der Waals surface area contributed by atoms with Crippen LogP contribution in [0.15, 0.2) is 103 Å². The van der Waals surface area contributed by atoms with Crippen LogP contribution in [0.1, 0.15) is 75.9 Å². The van der Waals surface area contributed by atoms with Crippen LogP contribution in [0.4, 0.5) is 5.69 Å². The minimum absolute atomic E-state index is 0.106. The second-order valence-electron chi connectivity index (χ2n) is 16.5. The number of rotatable bonds is 13. The molecule has 6 heterocycles. The van der Waals surface area contributed by atoms with Gasteiger partial charge in [-0.2, -0.15) is 0 Å². The molecule has 5 fully saturated rings. The number of hydrogen-bond donors (Lipinski definition) is 1. The highest BCUT2D eigenvalue weighted by Gasteiger charge is 2.47. The molecular weight excluding hydrogens is 762 g/mol. The highest BCUT2D eigenvalue weighted by atomic mass is 35.5. The summed E-state index contributed by atoms with van der Waals surface area (Å²) in [7, 11) is 0. The molecule has 2 bridgehead atoms. The number of imide groups is 2. The molecule has 4 amide bonds. The fourth-order valence-corrected chi connectivity index (χ4v) is 10.0. The highest BCUT2D eigenvalue weighted by molar-refractivity contribution is 6.23. The number of piperidine rings is 3. The molecule has 0 aliphatic carbocycles. The SMILES string of the molecule is O=C1CCC(N2C(=O)c3ccc(N4CC5CC(C4)N5CC4CCN(CCOc5ccc(C(=C(CCCl)c6ccccc6)c6ccccc6)cc5)CC4)cc3C2=O)C(=O)N1. The van der Waals surface area contributed by atoms with Gasteiger partial charge >= 0.3 is 0 Å². The van der Waals surface area contributed by atoms with Gasteiger partial charge in [-0.3, -0.25) is 39.2 Å². The monoisotopic (exact) mass is 811 g/mol. The molecule has 0 saturated carbocycles. The number of nitrogens with one attached hydrogen (secondary N) is 1. The number of amides is 4. The van der Waals surface area contributed by atoms with Crippen molar-refractivity contribution in [2.45, 2.75) is 56.7 Å². The average molecular weight is 812 g/mol. The maximum atomic E-state index is 13.4. The minimum atomic E-state index is -0.956. The van der Waals surface area contributed by atoms with Crippen LogP contribution >= 0.6 is 11.6 Å². The zero-order chi connectivity index (χ0) is 40.5. The van der Waals surface area contributed by atoms with Crippen molar-refractivity contribution in [3.05, 3.63) is 131 Å². The van der Waals surface area contributed by atoms with Crippen molar-refractivity contribution in [3.8, 4) is 5.75 Å². The summed E-state index contributed by atoms with van der Waals surface area (Å²) in [4.78, 5) is 59.3. The van der Waals surface area contributed by atoms with Gasteiger partial charge in [0, 0.05) is 56.3 Å². The Morgan fingerprint density at radius 1 is 0.746 bits per heavy atom. The molecule has 6 aliphatic heterocycles. The first-order valence-electron chi connectivity index (χ1n) is 21.1. The molecule has 0 radical (unpaired) electrons. The lowest BCUT2D eigenvalue weighted by Crippen LogP contribution is -2.69. The molecule has 10 nitrogen and oxygen atoms in total. The number of allylic oxidation sites excluding steroid dienone is 1. The zero-order valence-electron chi connectivity index (χ0n) is 33.2. The first-order chi connectivity index (χ1) is 28.8. The van der Waals surface area contributed by atoms with E-state index in [1.165, 1.54) is 41.5 Å². The van der Waals surface area contributed by atoms with Gasteiger partial charge in [-0.1, -0.05) is 72.8 Å². The molecule has 11 heteroatoms. The van der Waals surface area contributed by atoms with Gasteiger partial charge in [0.25, 0.3) is 11.8 Å². The summed E-state index contributed by atoms with van der Waals surface area (Å²) in [6.45, 7) is 6.60. The van der Waals surface area contributed by atoms with Crippen LogP contribution in [0.5, 0.6) is 5.75 Å². The molecule has 10 rings (SSSR count). The van der Waals surface area contributed by atoms with Gasteiger partial charge in [-0.15, -0.1) is 11.6 Å². The number of carbonyl (C=O) groups is 4. The Balaban J connectivity index is 0.745. The fourth-order valence-electron chi connectivity index (χ4n) is 9.82. The van der Waals surface area contributed by atoms with E-state index in [1.54, 1.807) is 6.07 Å². The number of benzene rings is 4. The molecular formula is C48H50ClN5O5. The molecule has 1 N–H and O–H groups in total. The standard InChI is InChI=1S/C48H50ClN5O5/c49-22-19-40(33-7-3-1-4-8-33)45(34-9-5-2-6-10-34)35-11-14-39(15-12-35)59-26-25-51-23-20-32(21-24-51)29-53-37-27-38(53)31-52(30-37)36-13-16-41-42(28-36)48(58)54(47(41)57)43-17-18-44(55)50-46(43)56/h1-16,28,32,37-38,43H,17-27,29-31H2,(H,50,55,56). The van der Waals surface area contributed by atoms with E-state index in [0.717, 1.165) is 67.6 Å². The predicted octanol–water partition coefficient (Wildman–Crippen LogP) is 6.73. The topological polar surface area (TPSA) is 102 Å². The summed E-state index contributed by atoms with van der Waals surface area (Å²) >= 11 is 6.35. The lowest BCUT2D eigenvalue weighted by Gasteiger charge is -2.58. The zero-order valence-corrected chi connectivity index (χ0v) is 34.0.